The second kappa shape index (κ2) is 15.4. The van der Waals surface area contributed by atoms with Gasteiger partial charge in [-0.05, 0) is 101 Å². The third kappa shape index (κ3) is 8.67. The van der Waals surface area contributed by atoms with E-state index in [4.69, 9.17) is 8.92 Å². The van der Waals surface area contributed by atoms with Gasteiger partial charge in [0, 0.05) is 43.2 Å². The molecule has 7 rings (SSSR count). The predicted octanol–water partition coefficient (Wildman–Crippen LogP) is 12.1. The average Bonchev–Trinajstić information content (AvgIpc) is 3.48. The molecule has 63 heavy (non-hydrogen) atoms. The molecular formula is C55H72O7S. The van der Waals surface area contributed by atoms with Crippen LogP contribution in [0.1, 0.15) is 183 Å². The van der Waals surface area contributed by atoms with Gasteiger partial charge in [-0.2, -0.15) is 8.42 Å². The molecule has 3 aliphatic rings. The number of methoxy groups -OCH3 is 1. The minimum atomic E-state index is -4.35. The Labute approximate surface area is 378 Å². The molecule has 0 amide bonds. The summed E-state index contributed by atoms with van der Waals surface area (Å²) in [6.07, 6.45) is 2.84. The second-order valence-corrected chi connectivity index (χ2v) is 25.5. The van der Waals surface area contributed by atoms with Gasteiger partial charge in [0.2, 0.25) is 0 Å². The van der Waals surface area contributed by atoms with Crippen molar-refractivity contribution in [1.82, 2.24) is 0 Å². The van der Waals surface area contributed by atoms with Crippen molar-refractivity contribution in [3.05, 3.63) is 115 Å². The maximum Gasteiger partial charge on any atom is 0.310 e. The standard InChI is InChI=1S/C55H72O7S/c1-50(2,3)41-22-32-18-33-23-42(51(4,5)6)25-35(47(33)58)20-38-28-44(53(10,11)12)29-39(49(38)62-63(59,60)31-55-17-16-40(30-45(55)56)54(55,13)14)21-37-27-43(52(7,8)9)26-36(48(37)61-15)19-34(24-41)46(32)57/h22-29,40,57-58H,16-21,30-31H2,1-15H3/t40-,55-/m0/s1. The number of phenols is 2. The largest absolute Gasteiger partial charge is 0.507 e. The quantitative estimate of drug-likeness (QED) is 0.169. The Balaban J connectivity index is 1.55. The van der Waals surface area contributed by atoms with Crippen molar-refractivity contribution in [2.45, 2.75) is 164 Å². The first-order chi connectivity index (χ1) is 28.8. The number of rotatable bonds is 5. The topological polar surface area (TPSA) is 110 Å². The van der Waals surface area contributed by atoms with Gasteiger partial charge < -0.3 is 19.1 Å². The first kappa shape index (κ1) is 46.7. The highest BCUT2D eigenvalue weighted by atomic mass is 32.2. The van der Waals surface area contributed by atoms with Gasteiger partial charge >= 0.3 is 10.1 Å². The van der Waals surface area contributed by atoms with Crippen molar-refractivity contribution in [2.24, 2.45) is 16.7 Å². The van der Waals surface area contributed by atoms with E-state index in [1.165, 1.54) is 0 Å². The van der Waals surface area contributed by atoms with Crippen LogP contribution >= 0.6 is 0 Å². The lowest BCUT2D eigenvalue weighted by Gasteiger charge is -2.36. The van der Waals surface area contributed by atoms with E-state index in [9.17, 15) is 23.4 Å². The number of Topliss-reactive ketones (excluding diaryl/α,β-unsaturated/α-hetero) is 1. The number of benzene rings is 4. The Hall–Kier alpha value is -4.30. The smallest absolute Gasteiger partial charge is 0.310 e. The van der Waals surface area contributed by atoms with Crippen molar-refractivity contribution >= 4 is 15.9 Å². The molecule has 0 saturated heterocycles. The molecule has 0 radical (unpaired) electrons. The van der Waals surface area contributed by atoms with E-state index in [1.54, 1.807) is 7.11 Å². The molecule has 340 valence electrons. The minimum absolute atomic E-state index is 0.0131. The lowest BCUT2D eigenvalue weighted by molar-refractivity contribution is -0.128. The van der Waals surface area contributed by atoms with Crippen LogP contribution in [-0.2, 0) is 62.3 Å². The number of carbonyl (C=O) groups is 1. The number of carbonyl (C=O) groups excluding carboxylic acids is 1. The van der Waals surface area contributed by atoms with Crippen LogP contribution in [0.5, 0.6) is 23.0 Å². The van der Waals surface area contributed by atoms with E-state index in [0.717, 1.165) is 45.4 Å². The fourth-order valence-corrected chi connectivity index (χ4v) is 12.4. The second-order valence-electron chi connectivity index (χ2n) is 23.9. The summed E-state index contributed by atoms with van der Waals surface area (Å²) in [6.45, 7) is 30.0. The molecule has 0 aromatic heterocycles. The Morgan fingerprint density at radius 2 is 0.889 bits per heavy atom. The van der Waals surface area contributed by atoms with Crippen LogP contribution < -0.4 is 8.92 Å². The lowest BCUT2D eigenvalue weighted by atomic mass is 9.70. The SMILES string of the molecule is COc1c2cc(C(C)(C)C)cc1Cc1cc(C(C)(C)C)cc(c1OS(=O)(=O)C[C@@]13CC[C@@H](CC1=O)C3(C)C)Cc1cc(C(C)(C)C)cc(c1O)Cc1cc(C(C)(C)C)cc(c1O)C2. The van der Waals surface area contributed by atoms with E-state index < -0.39 is 20.9 Å². The summed E-state index contributed by atoms with van der Waals surface area (Å²) in [7, 11) is -2.68. The summed E-state index contributed by atoms with van der Waals surface area (Å²) < 4.78 is 42.5. The average molecular weight is 877 g/mol. The van der Waals surface area contributed by atoms with Gasteiger partial charge in [0.05, 0.1) is 18.3 Å². The first-order valence-electron chi connectivity index (χ1n) is 22.9. The van der Waals surface area contributed by atoms with Crippen LogP contribution in [0.15, 0.2) is 48.5 Å². The highest BCUT2D eigenvalue weighted by Gasteiger charge is 2.65. The first-order valence-corrected chi connectivity index (χ1v) is 24.4. The zero-order chi connectivity index (χ0) is 46.6. The third-order valence-corrected chi connectivity index (χ3v) is 16.3. The van der Waals surface area contributed by atoms with Crippen LogP contribution in [-0.4, -0.2) is 37.3 Å². The Bertz CT molecular complexity index is 2600. The number of phenolic OH excluding ortho intramolecular Hbond substituents is 2. The predicted molar refractivity (Wildman–Crippen MR) is 255 cm³/mol. The molecule has 2 N–H and O–H groups in total. The molecule has 0 unspecified atom stereocenters. The minimum Gasteiger partial charge on any atom is -0.507 e. The molecule has 0 heterocycles. The highest BCUT2D eigenvalue weighted by Crippen LogP contribution is 2.64. The van der Waals surface area contributed by atoms with Gasteiger partial charge in [-0.3, -0.25) is 4.79 Å². The summed E-state index contributed by atoms with van der Waals surface area (Å²) in [4.78, 5) is 13.7. The Morgan fingerprint density at radius 1 is 0.571 bits per heavy atom. The molecule has 7 nitrogen and oxygen atoms in total. The number of hydrogen-bond donors (Lipinski definition) is 2. The van der Waals surface area contributed by atoms with E-state index in [-0.39, 0.29) is 75.6 Å². The van der Waals surface area contributed by atoms with E-state index in [2.05, 4.69) is 113 Å². The van der Waals surface area contributed by atoms with Crippen molar-refractivity contribution < 1.29 is 32.3 Å². The summed E-state index contributed by atoms with van der Waals surface area (Å²) in [5, 5.41) is 24.7. The number of ether oxygens (including phenoxy) is 1. The maximum absolute atomic E-state index is 14.8. The molecule has 0 spiro atoms. The summed E-state index contributed by atoms with van der Waals surface area (Å²) in [5.41, 5.74) is 7.38. The monoisotopic (exact) mass is 876 g/mol. The molecule has 3 aliphatic carbocycles. The van der Waals surface area contributed by atoms with Gasteiger partial charge in [-0.1, -0.05) is 145 Å². The molecule has 2 atom stereocenters. The zero-order valence-electron chi connectivity index (χ0n) is 40.7. The molecule has 2 saturated carbocycles. The fraction of sp³-hybridized carbons (Fsp3) is 0.545. The fourth-order valence-electron chi connectivity index (χ4n) is 10.6. The van der Waals surface area contributed by atoms with Crippen LogP contribution in [0.25, 0.3) is 0 Å². The molecule has 10 bridgehead atoms. The van der Waals surface area contributed by atoms with Crippen LogP contribution in [0.2, 0.25) is 0 Å². The molecule has 2 fully saturated rings. The number of hydrogen-bond acceptors (Lipinski definition) is 7. The van der Waals surface area contributed by atoms with Crippen molar-refractivity contribution in [1.29, 1.82) is 0 Å². The van der Waals surface area contributed by atoms with Crippen molar-refractivity contribution in [2.75, 3.05) is 12.9 Å². The Morgan fingerprint density at radius 3 is 1.19 bits per heavy atom. The van der Waals surface area contributed by atoms with Crippen LogP contribution in [0, 0.1) is 16.7 Å². The molecular weight excluding hydrogens is 805 g/mol. The highest BCUT2D eigenvalue weighted by molar-refractivity contribution is 7.87. The van der Waals surface area contributed by atoms with Gasteiger partial charge in [-0.25, -0.2) is 0 Å². The normalized spacial score (nSPS) is 20.2. The van der Waals surface area contributed by atoms with E-state index >= 15 is 0 Å². The van der Waals surface area contributed by atoms with Gasteiger partial charge in [0.15, 0.2) is 0 Å². The maximum atomic E-state index is 14.8. The van der Waals surface area contributed by atoms with Crippen molar-refractivity contribution in [3.63, 3.8) is 0 Å². The number of fused-ring (bicyclic) bond motifs is 10. The van der Waals surface area contributed by atoms with E-state index in [0.29, 0.717) is 52.8 Å². The van der Waals surface area contributed by atoms with Gasteiger partial charge in [0.1, 0.15) is 28.8 Å². The summed E-state index contributed by atoms with van der Waals surface area (Å²) >= 11 is 0. The van der Waals surface area contributed by atoms with Gasteiger partial charge in [0.25, 0.3) is 0 Å². The van der Waals surface area contributed by atoms with Gasteiger partial charge in [-0.15, -0.1) is 0 Å². The molecule has 4 aromatic rings. The summed E-state index contributed by atoms with van der Waals surface area (Å²) in [5.74, 6) is 0.969. The van der Waals surface area contributed by atoms with Crippen LogP contribution in [0.4, 0.5) is 0 Å². The molecule has 8 heteroatoms. The van der Waals surface area contributed by atoms with Crippen molar-refractivity contribution in [3.8, 4) is 23.0 Å². The van der Waals surface area contributed by atoms with E-state index in [1.807, 2.05) is 32.0 Å². The molecule has 0 aliphatic heterocycles. The third-order valence-electron chi connectivity index (χ3n) is 15.0. The number of aromatic hydroxyl groups is 2. The van der Waals surface area contributed by atoms with Crippen LogP contribution in [0.3, 0.4) is 0 Å². The zero-order valence-corrected chi connectivity index (χ0v) is 41.5. The number of ketones is 1. The Kier molecular flexibility index (Phi) is 11.4. The lowest BCUT2D eigenvalue weighted by Crippen LogP contribution is -2.43. The molecule has 4 aromatic carbocycles. The summed E-state index contributed by atoms with van der Waals surface area (Å²) in [6, 6.07) is 16.7.